The van der Waals surface area contributed by atoms with E-state index < -0.39 is 12.6 Å². The van der Waals surface area contributed by atoms with Gasteiger partial charge in [0.15, 0.2) is 6.61 Å². The number of unbranched alkanes of at least 4 members (excludes halogenated alkanes) is 5. The Morgan fingerprint density at radius 1 is 0.750 bits per heavy atom. The fourth-order valence-corrected chi connectivity index (χ4v) is 3.71. The first kappa shape index (κ1) is 23.4. The van der Waals surface area contributed by atoms with Crippen molar-refractivity contribution < 1.29 is 19.4 Å². The Bertz CT molecular complexity index is 907. The molecule has 0 bridgehead atoms. The van der Waals surface area contributed by atoms with Crippen LogP contribution in [0.15, 0.2) is 72.8 Å². The number of aliphatic carboxylic acids is 1. The molecule has 0 radical (unpaired) electrons. The van der Waals surface area contributed by atoms with Crippen molar-refractivity contribution >= 4 is 5.97 Å². The van der Waals surface area contributed by atoms with Gasteiger partial charge in [-0.2, -0.15) is 0 Å². The molecule has 3 aromatic carbocycles. The van der Waals surface area contributed by atoms with Gasteiger partial charge in [-0.05, 0) is 29.7 Å². The van der Waals surface area contributed by atoms with Crippen molar-refractivity contribution in [2.45, 2.75) is 45.4 Å². The fourth-order valence-electron chi connectivity index (χ4n) is 3.71. The van der Waals surface area contributed by atoms with E-state index in [0.717, 1.165) is 40.8 Å². The first-order valence-electron chi connectivity index (χ1n) is 11.5. The quantitative estimate of drug-likeness (QED) is 0.290. The number of hydrogen-bond acceptors (Lipinski definition) is 3. The monoisotopic (exact) mass is 432 g/mol. The van der Waals surface area contributed by atoms with Crippen LogP contribution in [0.3, 0.4) is 0 Å². The van der Waals surface area contributed by atoms with Gasteiger partial charge in [-0.25, -0.2) is 4.79 Å². The van der Waals surface area contributed by atoms with Crippen LogP contribution in [-0.2, 0) is 4.79 Å². The van der Waals surface area contributed by atoms with Gasteiger partial charge in [0.25, 0.3) is 0 Å². The third-order valence-corrected chi connectivity index (χ3v) is 5.34. The second-order valence-corrected chi connectivity index (χ2v) is 7.88. The lowest BCUT2D eigenvalue weighted by Gasteiger charge is -2.18. The van der Waals surface area contributed by atoms with E-state index in [4.69, 9.17) is 9.47 Å². The van der Waals surface area contributed by atoms with Crippen molar-refractivity contribution in [3.8, 4) is 33.8 Å². The molecule has 0 saturated carbocycles. The van der Waals surface area contributed by atoms with E-state index in [1.165, 1.54) is 25.7 Å². The summed E-state index contributed by atoms with van der Waals surface area (Å²) in [5.74, 6) is 0.307. The molecule has 0 aliphatic heterocycles. The molecule has 3 rings (SSSR count). The van der Waals surface area contributed by atoms with E-state index in [9.17, 15) is 9.90 Å². The Hall–Kier alpha value is -3.27. The highest BCUT2D eigenvalue weighted by Crippen LogP contribution is 2.42. The Labute approximate surface area is 190 Å². The maximum absolute atomic E-state index is 11.3. The van der Waals surface area contributed by atoms with Crippen LogP contribution in [0.5, 0.6) is 11.5 Å². The zero-order valence-electron chi connectivity index (χ0n) is 18.8. The summed E-state index contributed by atoms with van der Waals surface area (Å²) in [6.45, 7) is 2.48. The van der Waals surface area contributed by atoms with Crippen molar-refractivity contribution in [1.29, 1.82) is 0 Å². The third-order valence-electron chi connectivity index (χ3n) is 5.34. The predicted molar refractivity (Wildman–Crippen MR) is 129 cm³/mol. The zero-order chi connectivity index (χ0) is 22.6. The smallest absolute Gasteiger partial charge is 0.341 e. The molecule has 0 aromatic heterocycles. The van der Waals surface area contributed by atoms with Crippen molar-refractivity contribution in [1.82, 2.24) is 0 Å². The van der Waals surface area contributed by atoms with Gasteiger partial charge in [-0.1, -0.05) is 99.7 Å². The van der Waals surface area contributed by atoms with E-state index in [0.29, 0.717) is 12.4 Å². The van der Waals surface area contributed by atoms with Gasteiger partial charge < -0.3 is 14.6 Å². The molecule has 0 spiro atoms. The molecule has 0 unspecified atom stereocenters. The molecule has 4 heteroatoms. The first-order chi connectivity index (χ1) is 15.7. The number of ether oxygens (including phenoxy) is 2. The van der Waals surface area contributed by atoms with Gasteiger partial charge in [0.05, 0.1) is 6.61 Å². The van der Waals surface area contributed by atoms with E-state index in [1.54, 1.807) is 0 Å². The summed E-state index contributed by atoms with van der Waals surface area (Å²) < 4.78 is 12.0. The summed E-state index contributed by atoms with van der Waals surface area (Å²) in [5, 5.41) is 9.22. The van der Waals surface area contributed by atoms with E-state index in [-0.39, 0.29) is 0 Å². The summed E-state index contributed by atoms with van der Waals surface area (Å²) in [4.78, 5) is 11.3. The van der Waals surface area contributed by atoms with E-state index >= 15 is 0 Å². The lowest BCUT2D eigenvalue weighted by molar-refractivity contribution is -0.139. The molecule has 0 heterocycles. The average molecular weight is 433 g/mol. The highest BCUT2D eigenvalue weighted by molar-refractivity contribution is 5.84. The molecule has 0 fully saturated rings. The summed E-state index contributed by atoms with van der Waals surface area (Å²) in [6, 6.07) is 23.6. The fraction of sp³-hybridized carbons (Fsp3) is 0.321. The molecule has 0 aliphatic carbocycles. The summed E-state index contributed by atoms with van der Waals surface area (Å²) in [6.07, 6.45) is 7.24. The van der Waals surface area contributed by atoms with Gasteiger partial charge in [-0.3, -0.25) is 0 Å². The molecular formula is C28H32O4. The molecule has 0 saturated heterocycles. The Morgan fingerprint density at radius 3 is 1.81 bits per heavy atom. The maximum atomic E-state index is 11.3. The maximum Gasteiger partial charge on any atom is 0.341 e. The van der Waals surface area contributed by atoms with Crippen molar-refractivity contribution in [2.75, 3.05) is 13.2 Å². The highest BCUT2D eigenvalue weighted by Gasteiger charge is 2.17. The van der Waals surface area contributed by atoms with Crippen LogP contribution >= 0.6 is 0 Å². The largest absolute Gasteiger partial charge is 0.494 e. The molecule has 3 aromatic rings. The third kappa shape index (κ3) is 6.88. The van der Waals surface area contributed by atoms with E-state index in [1.807, 2.05) is 72.8 Å². The van der Waals surface area contributed by atoms with Gasteiger partial charge >= 0.3 is 5.97 Å². The second-order valence-electron chi connectivity index (χ2n) is 7.88. The number of benzene rings is 3. The molecule has 32 heavy (non-hydrogen) atoms. The number of carboxylic acids is 1. The molecule has 0 aliphatic rings. The van der Waals surface area contributed by atoms with Gasteiger partial charge in [0, 0.05) is 11.1 Å². The van der Waals surface area contributed by atoms with Crippen LogP contribution in [0.25, 0.3) is 22.3 Å². The standard InChI is InChI=1S/C28H32O4/c1-2-3-4-5-6-13-18-31-24-19-25(22-14-9-7-10-15-22)28(32-21-27(29)30)26(20-24)23-16-11-8-12-17-23/h7-12,14-17,19-20H,2-6,13,18,21H2,1H3,(H,29,30). The summed E-state index contributed by atoms with van der Waals surface area (Å²) >= 11 is 0. The minimum atomic E-state index is -1.01. The number of rotatable bonds is 13. The Morgan fingerprint density at radius 2 is 1.28 bits per heavy atom. The molecule has 168 valence electrons. The lowest BCUT2D eigenvalue weighted by atomic mass is 9.96. The van der Waals surface area contributed by atoms with Crippen molar-refractivity contribution in [3.63, 3.8) is 0 Å². The Balaban J connectivity index is 1.91. The van der Waals surface area contributed by atoms with E-state index in [2.05, 4.69) is 6.92 Å². The number of carboxylic acid groups (broad SMARTS) is 1. The van der Waals surface area contributed by atoms with Gasteiger partial charge in [-0.15, -0.1) is 0 Å². The van der Waals surface area contributed by atoms with Crippen LogP contribution in [0.2, 0.25) is 0 Å². The van der Waals surface area contributed by atoms with Crippen LogP contribution < -0.4 is 9.47 Å². The minimum absolute atomic E-state index is 0.405. The number of hydrogen-bond donors (Lipinski definition) is 1. The predicted octanol–water partition coefficient (Wildman–Crippen LogP) is 7.22. The van der Waals surface area contributed by atoms with Crippen LogP contribution in [0.1, 0.15) is 45.4 Å². The minimum Gasteiger partial charge on any atom is -0.494 e. The highest BCUT2D eigenvalue weighted by atomic mass is 16.5. The summed E-state index contributed by atoms with van der Waals surface area (Å²) in [7, 11) is 0. The first-order valence-corrected chi connectivity index (χ1v) is 11.5. The van der Waals surface area contributed by atoms with Crippen LogP contribution in [0.4, 0.5) is 0 Å². The summed E-state index contributed by atoms with van der Waals surface area (Å²) in [5.41, 5.74) is 3.56. The van der Waals surface area contributed by atoms with Crippen LogP contribution in [-0.4, -0.2) is 24.3 Å². The molecule has 0 amide bonds. The van der Waals surface area contributed by atoms with Crippen LogP contribution in [0, 0.1) is 0 Å². The zero-order valence-corrected chi connectivity index (χ0v) is 18.8. The lowest BCUT2D eigenvalue weighted by Crippen LogP contribution is -2.11. The van der Waals surface area contributed by atoms with Gasteiger partial charge in [0.1, 0.15) is 11.5 Å². The molecular weight excluding hydrogens is 400 g/mol. The SMILES string of the molecule is CCCCCCCCOc1cc(-c2ccccc2)c(OCC(=O)O)c(-c2ccccc2)c1. The second kappa shape index (κ2) is 12.6. The topological polar surface area (TPSA) is 55.8 Å². The molecule has 4 nitrogen and oxygen atoms in total. The van der Waals surface area contributed by atoms with Crippen molar-refractivity contribution in [2.24, 2.45) is 0 Å². The normalized spacial score (nSPS) is 10.7. The molecule has 1 N–H and O–H groups in total. The molecule has 0 atom stereocenters. The van der Waals surface area contributed by atoms with Crippen molar-refractivity contribution in [3.05, 3.63) is 72.8 Å². The number of carbonyl (C=O) groups is 1. The Kier molecular flexibility index (Phi) is 9.18. The van der Waals surface area contributed by atoms with Gasteiger partial charge in [0.2, 0.25) is 0 Å². The average Bonchev–Trinajstić information content (AvgIpc) is 2.83.